The zero-order valence-electron chi connectivity index (χ0n) is 15.4. The summed E-state index contributed by atoms with van der Waals surface area (Å²) in [5.41, 5.74) is 6.19. The first-order valence-corrected chi connectivity index (χ1v) is 9.47. The lowest BCUT2D eigenvalue weighted by Crippen LogP contribution is -2.33. The van der Waals surface area contributed by atoms with Crippen molar-refractivity contribution in [3.8, 4) is 0 Å². The highest BCUT2D eigenvalue weighted by molar-refractivity contribution is 8.93. The second kappa shape index (κ2) is 10.6. The van der Waals surface area contributed by atoms with Crippen LogP contribution < -0.4 is 0 Å². The van der Waals surface area contributed by atoms with Gasteiger partial charge >= 0.3 is 0 Å². The third kappa shape index (κ3) is 5.41. The van der Waals surface area contributed by atoms with E-state index in [0.29, 0.717) is 0 Å². The van der Waals surface area contributed by atoms with E-state index in [1.54, 1.807) is 11.1 Å². The molecule has 0 saturated carbocycles. The Kier molecular flexibility index (Phi) is 8.82. The van der Waals surface area contributed by atoms with Crippen LogP contribution in [0.1, 0.15) is 35.1 Å². The quantitative estimate of drug-likeness (QED) is 0.552. The number of hydrogen-bond donors (Lipinski definition) is 0. The second-order valence-corrected chi connectivity index (χ2v) is 7.30. The molecule has 2 aliphatic heterocycles. The maximum atomic E-state index is 2.63. The van der Waals surface area contributed by atoms with E-state index in [1.165, 1.54) is 63.0 Å². The predicted molar refractivity (Wildman–Crippen MR) is 121 cm³/mol. The van der Waals surface area contributed by atoms with Crippen LogP contribution in [0, 0.1) is 0 Å². The van der Waals surface area contributed by atoms with E-state index in [2.05, 4.69) is 58.3 Å². The highest BCUT2D eigenvalue weighted by Gasteiger charge is 2.17. The van der Waals surface area contributed by atoms with E-state index in [9.17, 15) is 0 Å². The summed E-state index contributed by atoms with van der Waals surface area (Å²) in [7, 11) is 0. The number of hydrogen-bond acceptors (Lipinski definition) is 2. The topological polar surface area (TPSA) is 6.48 Å². The summed E-state index contributed by atoms with van der Waals surface area (Å²) in [5.74, 6) is 0. The molecule has 0 aromatic heterocycles. The fraction of sp³-hybridized carbons (Fsp3) is 0.455. The second-order valence-electron chi connectivity index (χ2n) is 7.30. The number of rotatable bonds is 5. The fourth-order valence-electron chi connectivity index (χ4n) is 4.16. The van der Waals surface area contributed by atoms with Gasteiger partial charge in [-0.1, -0.05) is 48.5 Å². The minimum Gasteiger partial charge on any atom is -0.299 e. The average Bonchev–Trinajstić information content (AvgIpc) is 2.65. The standard InChI is InChI=1S/C22H28N2.2BrH/c1-3-9-21-17-23(15-11-19(21)7-1)13-5-6-14-24-16-12-20-8-2-4-10-22(20)18-24;;/h1-4,7-10H,5-6,11-18H2;2*1H. The fourth-order valence-corrected chi connectivity index (χ4v) is 4.16. The summed E-state index contributed by atoms with van der Waals surface area (Å²) in [6.45, 7) is 7.25. The molecule has 0 fully saturated rings. The zero-order chi connectivity index (χ0) is 16.2. The smallest absolute Gasteiger partial charge is 0.0236 e. The molecule has 0 atom stereocenters. The van der Waals surface area contributed by atoms with E-state index < -0.39 is 0 Å². The van der Waals surface area contributed by atoms with Gasteiger partial charge in [-0.15, -0.1) is 34.0 Å². The number of nitrogens with zero attached hydrogens (tertiary/aromatic N) is 2. The Morgan fingerprint density at radius 3 is 1.38 bits per heavy atom. The minimum absolute atomic E-state index is 0. The monoisotopic (exact) mass is 480 g/mol. The zero-order valence-corrected chi connectivity index (χ0v) is 18.8. The van der Waals surface area contributed by atoms with Crippen LogP contribution in [0.3, 0.4) is 0 Å². The molecular weight excluding hydrogens is 452 g/mol. The van der Waals surface area contributed by atoms with Gasteiger partial charge in [0.15, 0.2) is 0 Å². The molecule has 0 aliphatic carbocycles. The Labute approximate surface area is 179 Å². The summed E-state index contributed by atoms with van der Waals surface area (Å²) in [5, 5.41) is 0. The van der Waals surface area contributed by atoms with Crippen LogP contribution in [-0.4, -0.2) is 36.0 Å². The van der Waals surface area contributed by atoms with Gasteiger partial charge < -0.3 is 0 Å². The maximum Gasteiger partial charge on any atom is 0.0236 e. The van der Waals surface area contributed by atoms with Crippen LogP contribution in [0.2, 0.25) is 0 Å². The van der Waals surface area contributed by atoms with E-state index in [0.717, 1.165) is 13.1 Å². The molecule has 0 radical (unpaired) electrons. The highest BCUT2D eigenvalue weighted by Crippen LogP contribution is 2.20. The molecule has 0 unspecified atom stereocenters. The normalized spacial score (nSPS) is 16.8. The van der Waals surface area contributed by atoms with Crippen LogP contribution in [0.4, 0.5) is 0 Å². The molecule has 142 valence electrons. The van der Waals surface area contributed by atoms with E-state index in [-0.39, 0.29) is 34.0 Å². The van der Waals surface area contributed by atoms with Gasteiger partial charge in [0, 0.05) is 26.2 Å². The lowest BCUT2D eigenvalue weighted by molar-refractivity contribution is 0.222. The highest BCUT2D eigenvalue weighted by atomic mass is 79.9. The molecule has 2 nitrogen and oxygen atoms in total. The third-order valence-corrected chi connectivity index (χ3v) is 5.62. The Bertz CT molecular complexity index is 630. The van der Waals surface area contributed by atoms with Crippen LogP contribution in [0.5, 0.6) is 0 Å². The molecule has 0 saturated heterocycles. The molecule has 0 amide bonds. The van der Waals surface area contributed by atoms with Gasteiger partial charge in [0.2, 0.25) is 0 Å². The molecule has 2 aromatic rings. The minimum atomic E-state index is 0. The lowest BCUT2D eigenvalue weighted by atomic mass is 9.99. The van der Waals surface area contributed by atoms with Crippen molar-refractivity contribution in [3.63, 3.8) is 0 Å². The van der Waals surface area contributed by atoms with Gasteiger partial charge in [0.05, 0.1) is 0 Å². The summed E-state index contributed by atoms with van der Waals surface area (Å²) >= 11 is 0. The van der Waals surface area contributed by atoms with Crippen LogP contribution in [-0.2, 0) is 25.9 Å². The Morgan fingerprint density at radius 2 is 0.962 bits per heavy atom. The van der Waals surface area contributed by atoms with Crippen LogP contribution in [0.25, 0.3) is 0 Å². The Balaban J connectivity index is 0.00000121. The molecule has 4 rings (SSSR count). The molecule has 0 N–H and O–H groups in total. The first-order chi connectivity index (χ1) is 11.9. The number of benzene rings is 2. The van der Waals surface area contributed by atoms with Gasteiger partial charge in [-0.3, -0.25) is 9.80 Å². The van der Waals surface area contributed by atoms with Crippen molar-refractivity contribution in [2.45, 2.75) is 38.8 Å². The number of unbranched alkanes of at least 4 members (excludes halogenated alkanes) is 1. The predicted octanol–water partition coefficient (Wildman–Crippen LogP) is 5.04. The summed E-state index contributed by atoms with van der Waals surface area (Å²) in [6, 6.07) is 17.9. The van der Waals surface area contributed by atoms with Gasteiger partial charge in [0.1, 0.15) is 0 Å². The molecule has 0 bridgehead atoms. The van der Waals surface area contributed by atoms with E-state index in [1.807, 2.05) is 0 Å². The third-order valence-electron chi connectivity index (χ3n) is 5.62. The molecular formula is C22H30Br2N2. The Morgan fingerprint density at radius 1 is 0.577 bits per heavy atom. The summed E-state index contributed by atoms with van der Waals surface area (Å²) in [6.07, 6.45) is 5.08. The van der Waals surface area contributed by atoms with Gasteiger partial charge in [-0.25, -0.2) is 0 Å². The summed E-state index contributed by atoms with van der Waals surface area (Å²) < 4.78 is 0. The SMILES string of the molecule is Br.Br.c1ccc2c(c1)CCN(CCCCN1CCc3ccccc3C1)C2. The van der Waals surface area contributed by atoms with Crippen LogP contribution >= 0.6 is 34.0 Å². The summed E-state index contributed by atoms with van der Waals surface area (Å²) in [4.78, 5) is 5.27. The first-order valence-electron chi connectivity index (χ1n) is 9.47. The van der Waals surface area contributed by atoms with Gasteiger partial charge in [-0.05, 0) is 61.0 Å². The van der Waals surface area contributed by atoms with Crippen LogP contribution in [0.15, 0.2) is 48.5 Å². The Hall–Kier alpha value is -0.680. The lowest BCUT2D eigenvalue weighted by Gasteiger charge is -2.30. The van der Waals surface area contributed by atoms with Crippen molar-refractivity contribution in [3.05, 3.63) is 70.8 Å². The van der Waals surface area contributed by atoms with E-state index >= 15 is 0 Å². The first kappa shape index (κ1) is 21.6. The van der Waals surface area contributed by atoms with Crippen molar-refractivity contribution in [2.24, 2.45) is 0 Å². The van der Waals surface area contributed by atoms with Crippen molar-refractivity contribution in [2.75, 3.05) is 26.2 Å². The number of halogens is 2. The van der Waals surface area contributed by atoms with Gasteiger partial charge in [0.25, 0.3) is 0 Å². The largest absolute Gasteiger partial charge is 0.299 e. The van der Waals surface area contributed by atoms with Crippen molar-refractivity contribution in [1.29, 1.82) is 0 Å². The molecule has 26 heavy (non-hydrogen) atoms. The molecule has 0 spiro atoms. The van der Waals surface area contributed by atoms with Crippen molar-refractivity contribution >= 4 is 34.0 Å². The van der Waals surface area contributed by atoms with E-state index in [4.69, 9.17) is 0 Å². The molecule has 4 heteroatoms. The molecule has 2 aromatic carbocycles. The van der Waals surface area contributed by atoms with Crippen molar-refractivity contribution in [1.82, 2.24) is 9.80 Å². The van der Waals surface area contributed by atoms with Gasteiger partial charge in [-0.2, -0.15) is 0 Å². The molecule has 2 aliphatic rings. The average molecular weight is 482 g/mol. The van der Waals surface area contributed by atoms with Crippen molar-refractivity contribution < 1.29 is 0 Å². The molecule has 2 heterocycles. The maximum absolute atomic E-state index is 2.63. The number of fused-ring (bicyclic) bond motifs is 2.